The minimum Gasteiger partial charge on any atom is -0.492 e. The largest absolute Gasteiger partial charge is 0.492 e. The Labute approximate surface area is 94.8 Å². The summed E-state index contributed by atoms with van der Waals surface area (Å²) < 4.78 is 18.3. The summed E-state index contributed by atoms with van der Waals surface area (Å²) in [4.78, 5) is 0. The number of nitrogens with one attached hydrogen (secondary N) is 1. The molecule has 0 radical (unpaired) electrons. The maximum atomic E-state index is 12.7. The van der Waals surface area contributed by atoms with E-state index < -0.39 is 0 Å². The Morgan fingerprint density at radius 2 is 1.94 bits per heavy atom. The maximum absolute atomic E-state index is 12.7. The van der Waals surface area contributed by atoms with Crippen LogP contribution in [-0.4, -0.2) is 18.7 Å². The van der Waals surface area contributed by atoms with E-state index in [1.807, 2.05) is 0 Å². The highest BCUT2D eigenvalue weighted by Gasteiger charge is 2.37. The minimum absolute atomic E-state index is 0.218. The molecule has 1 aliphatic carbocycles. The second-order valence-electron chi connectivity index (χ2n) is 4.90. The number of benzene rings is 1. The fraction of sp³-hybridized carbons (Fsp3) is 0.538. The molecular formula is C13H16FNO. The molecule has 1 aromatic carbocycles. The zero-order chi connectivity index (χ0) is 11.0. The van der Waals surface area contributed by atoms with Crippen molar-refractivity contribution in [1.82, 2.24) is 5.32 Å². The normalized spacial score (nSPS) is 31.9. The van der Waals surface area contributed by atoms with Gasteiger partial charge in [-0.05, 0) is 49.4 Å². The van der Waals surface area contributed by atoms with Gasteiger partial charge in [-0.1, -0.05) is 0 Å². The van der Waals surface area contributed by atoms with Crippen molar-refractivity contribution in [1.29, 1.82) is 0 Å². The van der Waals surface area contributed by atoms with Gasteiger partial charge in [-0.3, -0.25) is 0 Å². The van der Waals surface area contributed by atoms with Crippen LogP contribution in [0.25, 0.3) is 0 Å². The van der Waals surface area contributed by atoms with Crippen LogP contribution < -0.4 is 10.1 Å². The maximum Gasteiger partial charge on any atom is 0.123 e. The molecule has 0 spiro atoms. The van der Waals surface area contributed by atoms with Gasteiger partial charge < -0.3 is 10.1 Å². The molecule has 2 heterocycles. The third kappa shape index (κ3) is 2.05. The number of hydrogen-bond donors (Lipinski definition) is 1. The standard InChI is InChI=1S/C13H16FNO/c14-10-1-3-13(4-2-10)16-8-12-7-9-5-11(6-9)15-12/h1-4,9,11-12,15H,5-8H2. The first-order valence-corrected chi connectivity index (χ1v) is 5.94. The van der Waals surface area contributed by atoms with Gasteiger partial charge in [0, 0.05) is 12.1 Å². The molecule has 1 saturated carbocycles. The first-order chi connectivity index (χ1) is 7.79. The van der Waals surface area contributed by atoms with E-state index in [1.165, 1.54) is 31.4 Å². The highest BCUT2D eigenvalue weighted by atomic mass is 19.1. The molecule has 2 saturated heterocycles. The molecule has 2 bridgehead atoms. The van der Waals surface area contributed by atoms with Gasteiger partial charge in [0.2, 0.25) is 0 Å². The quantitative estimate of drug-likeness (QED) is 0.846. The van der Waals surface area contributed by atoms with Gasteiger partial charge >= 0.3 is 0 Å². The van der Waals surface area contributed by atoms with Gasteiger partial charge in [-0.25, -0.2) is 4.39 Å². The lowest BCUT2D eigenvalue weighted by molar-refractivity contribution is 0.0900. The summed E-state index contributed by atoms with van der Waals surface area (Å²) in [5.41, 5.74) is 0. The fourth-order valence-corrected chi connectivity index (χ4v) is 2.71. The highest BCUT2D eigenvalue weighted by Crippen LogP contribution is 2.36. The lowest BCUT2D eigenvalue weighted by Crippen LogP contribution is -2.55. The van der Waals surface area contributed by atoms with Crippen LogP contribution in [0.2, 0.25) is 0 Å². The second kappa shape index (κ2) is 4.06. The molecule has 2 aliphatic heterocycles. The first-order valence-electron chi connectivity index (χ1n) is 5.94. The van der Waals surface area contributed by atoms with E-state index in [9.17, 15) is 4.39 Å². The molecule has 3 heteroatoms. The van der Waals surface area contributed by atoms with Gasteiger partial charge in [0.25, 0.3) is 0 Å². The topological polar surface area (TPSA) is 21.3 Å². The summed E-state index contributed by atoms with van der Waals surface area (Å²) in [6.45, 7) is 0.693. The lowest BCUT2D eigenvalue weighted by atomic mass is 9.72. The average molecular weight is 221 g/mol. The predicted octanol–water partition coefficient (Wildman–Crippen LogP) is 2.35. The summed E-state index contributed by atoms with van der Waals surface area (Å²) in [5.74, 6) is 1.44. The smallest absolute Gasteiger partial charge is 0.123 e. The van der Waals surface area contributed by atoms with Crippen molar-refractivity contribution in [2.75, 3.05) is 6.61 Å². The van der Waals surface area contributed by atoms with Crippen LogP contribution in [0.3, 0.4) is 0 Å². The van der Waals surface area contributed by atoms with Gasteiger partial charge in [-0.15, -0.1) is 0 Å². The Balaban J connectivity index is 1.51. The van der Waals surface area contributed by atoms with E-state index in [1.54, 1.807) is 12.1 Å². The number of rotatable bonds is 3. The fourth-order valence-electron chi connectivity index (χ4n) is 2.71. The van der Waals surface area contributed by atoms with E-state index in [0.29, 0.717) is 12.6 Å². The summed E-state index contributed by atoms with van der Waals surface area (Å²) in [6, 6.07) is 7.42. The zero-order valence-corrected chi connectivity index (χ0v) is 9.16. The van der Waals surface area contributed by atoms with Crippen LogP contribution in [0.1, 0.15) is 19.3 Å². The van der Waals surface area contributed by atoms with Gasteiger partial charge in [-0.2, -0.15) is 0 Å². The number of hydrogen-bond acceptors (Lipinski definition) is 2. The van der Waals surface area contributed by atoms with Crippen LogP contribution >= 0.6 is 0 Å². The third-order valence-electron chi connectivity index (χ3n) is 3.59. The lowest BCUT2D eigenvalue weighted by Gasteiger charge is -2.46. The zero-order valence-electron chi connectivity index (χ0n) is 9.16. The Bertz CT molecular complexity index is 349. The first kappa shape index (κ1) is 10.1. The number of piperidine rings is 2. The van der Waals surface area contributed by atoms with Crippen molar-refractivity contribution in [3.05, 3.63) is 30.1 Å². The van der Waals surface area contributed by atoms with Gasteiger partial charge in [0.05, 0.1) is 0 Å². The van der Waals surface area contributed by atoms with Gasteiger partial charge in [0.1, 0.15) is 18.2 Å². The summed E-state index contributed by atoms with van der Waals surface area (Å²) in [7, 11) is 0. The van der Waals surface area contributed by atoms with E-state index in [2.05, 4.69) is 5.32 Å². The van der Waals surface area contributed by atoms with Crippen molar-refractivity contribution < 1.29 is 9.13 Å². The average Bonchev–Trinajstić information content (AvgIpc) is 2.28. The number of ether oxygens (including phenoxy) is 1. The Morgan fingerprint density at radius 1 is 1.19 bits per heavy atom. The Hall–Kier alpha value is -1.09. The Morgan fingerprint density at radius 3 is 2.56 bits per heavy atom. The molecule has 1 N–H and O–H groups in total. The molecule has 1 aromatic rings. The number of halogens is 1. The van der Waals surface area contributed by atoms with Crippen LogP contribution in [0, 0.1) is 11.7 Å². The van der Waals surface area contributed by atoms with Crippen molar-refractivity contribution in [2.45, 2.75) is 31.3 Å². The molecule has 16 heavy (non-hydrogen) atoms. The summed E-state index contributed by atoms with van der Waals surface area (Å²) >= 11 is 0. The molecule has 2 nitrogen and oxygen atoms in total. The minimum atomic E-state index is -0.218. The van der Waals surface area contributed by atoms with Crippen molar-refractivity contribution in [2.24, 2.45) is 5.92 Å². The van der Waals surface area contributed by atoms with E-state index in [0.717, 1.165) is 17.7 Å². The van der Waals surface area contributed by atoms with Crippen LogP contribution in [0.15, 0.2) is 24.3 Å². The predicted molar refractivity (Wildman–Crippen MR) is 59.9 cm³/mol. The summed E-state index contributed by atoms with van der Waals surface area (Å²) in [6.07, 6.45) is 3.90. The van der Waals surface area contributed by atoms with Crippen LogP contribution in [0.5, 0.6) is 5.75 Å². The van der Waals surface area contributed by atoms with E-state index >= 15 is 0 Å². The van der Waals surface area contributed by atoms with Crippen molar-refractivity contribution >= 4 is 0 Å². The van der Waals surface area contributed by atoms with Gasteiger partial charge in [0.15, 0.2) is 0 Å². The summed E-state index contributed by atoms with van der Waals surface area (Å²) in [5, 5.41) is 3.56. The second-order valence-corrected chi connectivity index (χ2v) is 4.90. The molecule has 86 valence electrons. The molecule has 1 atom stereocenters. The monoisotopic (exact) mass is 221 g/mol. The van der Waals surface area contributed by atoms with Crippen LogP contribution in [0.4, 0.5) is 4.39 Å². The molecule has 0 aromatic heterocycles. The van der Waals surface area contributed by atoms with Crippen molar-refractivity contribution in [3.8, 4) is 5.75 Å². The highest BCUT2D eigenvalue weighted by molar-refractivity contribution is 5.22. The van der Waals surface area contributed by atoms with Crippen LogP contribution in [-0.2, 0) is 0 Å². The van der Waals surface area contributed by atoms with Crippen molar-refractivity contribution in [3.63, 3.8) is 0 Å². The van der Waals surface area contributed by atoms with E-state index in [4.69, 9.17) is 4.74 Å². The molecular weight excluding hydrogens is 205 g/mol. The number of fused-ring (bicyclic) bond motifs is 2. The Kier molecular flexibility index (Phi) is 2.56. The van der Waals surface area contributed by atoms with E-state index in [-0.39, 0.29) is 5.82 Å². The molecule has 0 amide bonds. The molecule has 3 fully saturated rings. The SMILES string of the molecule is Fc1ccc(OCC2CC3CC(C3)N2)cc1. The molecule has 3 aliphatic rings. The molecule has 1 unspecified atom stereocenters. The third-order valence-corrected chi connectivity index (χ3v) is 3.59. The molecule has 4 rings (SSSR count).